The van der Waals surface area contributed by atoms with Gasteiger partial charge in [0.1, 0.15) is 5.15 Å². The largest absolute Gasteiger partial charge is 0.397 e. The maximum absolute atomic E-state index is 5.78. The molecule has 1 rings (SSSR count). The third kappa shape index (κ3) is 1.42. The van der Waals surface area contributed by atoms with Crippen molar-refractivity contribution in [1.82, 2.24) is 4.98 Å². The predicted molar refractivity (Wildman–Crippen MR) is 48.1 cm³/mol. The Balaban J connectivity index is 3.46. The zero-order valence-corrected chi connectivity index (χ0v) is 7.79. The Bertz CT molecular complexity index is 271. The molecule has 2 nitrogen and oxygen atoms in total. The molecular formula is C7H8Cl2N2. The van der Waals surface area contributed by atoms with Crippen LogP contribution in [0.2, 0.25) is 10.2 Å². The number of pyridine rings is 1. The fraction of sp³-hybridized carbons (Fsp3) is 0.286. The Kier molecular flexibility index (Phi) is 2.25. The molecule has 1 heterocycles. The number of rotatable bonds is 0. The van der Waals surface area contributed by atoms with Gasteiger partial charge in [0, 0.05) is 0 Å². The van der Waals surface area contributed by atoms with Crippen LogP contribution in [0.15, 0.2) is 0 Å². The molecule has 0 aliphatic carbocycles. The normalized spacial score (nSPS) is 10.2. The van der Waals surface area contributed by atoms with Crippen LogP contribution >= 0.6 is 23.2 Å². The van der Waals surface area contributed by atoms with Gasteiger partial charge in [0.2, 0.25) is 0 Å². The van der Waals surface area contributed by atoms with Crippen LogP contribution in [0, 0.1) is 13.8 Å². The van der Waals surface area contributed by atoms with Gasteiger partial charge in [-0.05, 0) is 19.4 Å². The molecule has 4 heteroatoms. The molecule has 1 aromatic rings. The number of nitrogen functional groups attached to an aromatic ring is 1. The first-order valence-electron chi connectivity index (χ1n) is 3.11. The number of aryl methyl sites for hydroxylation is 1. The van der Waals surface area contributed by atoms with E-state index in [9.17, 15) is 0 Å². The molecule has 0 atom stereocenters. The second kappa shape index (κ2) is 2.88. The minimum atomic E-state index is 0.316. The molecule has 11 heavy (non-hydrogen) atoms. The molecule has 0 saturated heterocycles. The lowest BCUT2D eigenvalue weighted by Gasteiger charge is -2.06. The summed E-state index contributed by atoms with van der Waals surface area (Å²) in [5.74, 6) is 0. The number of nitrogens with zero attached hydrogens (tertiary/aromatic N) is 1. The third-order valence-corrected chi connectivity index (χ3v) is 2.40. The second-order valence-corrected chi connectivity index (χ2v) is 3.08. The van der Waals surface area contributed by atoms with Gasteiger partial charge in [-0.25, -0.2) is 4.98 Å². The summed E-state index contributed by atoms with van der Waals surface area (Å²) in [7, 11) is 0. The van der Waals surface area contributed by atoms with E-state index < -0.39 is 0 Å². The zero-order valence-electron chi connectivity index (χ0n) is 6.28. The molecule has 1 aromatic heterocycles. The Labute approximate surface area is 75.3 Å². The highest BCUT2D eigenvalue weighted by Crippen LogP contribution is 2.28. The minimum absolute atomic E-state index is 0.316. The van der Waals surface area contributed by atoms with Crippen LogP contribution in [-0.2, 0) is 0 Å². The summed E-state index contributed by atoms with van der Waals surface area (Å²) in [6.45, 7) is 3.61. The maximum atomic E-state index is 5.78. The van der Waals surface area contributed by atoms with Crippen molar-refractivity contribution >= 4 is 28.9 Å². The van der Waals surface area contributed by atoms with Gasteiger partial charge in [-0.3, -0.25) is 0 Å². The van der Waals surface area contributed by atoms with Crippen molar-refractivity contribution in [2.75, 3.05) is 5.73 Å². The molecule has 0 unspecified atom stereocenters. The summed E-state index contributed by atoms with van der Waals surface area (Å²) >= 11 is 11.5. The van der Waals surface area contributed by atoms with E-state index in [0.29, 0.717) is 15.9 Å². The highest BCUT2D eigenvalue weighted by molar-refractivity contribution is 6.41. The quantitative estimate of drug-likeness (QED) is 0.640. The highest BCUT2D eigenvalue weighted by Gasteiger charge is 2.08. The molecule has 0 aromatic carbocycles. The monoisotopic (exact) mass is 190 g/mol. The Hall–Kier alpha value is -0.470. The average Bonchev–Trinajstić information content (AvgIpc) is 1.97. The Morgan fingerprint density at radius 1 is 1.27 bits per heavy atom. The molecular weight excluding hydrogens is 183 g/mol. The summed E-state index contributed by atoms with van der Waals surface area (Å²) in [5.41, 5.74) is 7.77. The van der Waals surface area contributed by atoms with E-state index in [0.717, 1.165) is 11.3 Å². The summed E-state index contributed by atoms with van der Waals surface area (Å²) in [4.78, 5) is 3.94. The van der Waals surface area contributed by atoms with Gasteiger partial charge in [0.15, 0.2) is 0 Å². The lowest BCUT2D eigenvalue weighted by atomic mass is 10.2. The first-order chi connectivity index (χ1) is 5.04. The number of hydrogen-bond acceptors (Lipinski definition) is 2. The summed E-state index contributed by atoms with van der Waals surface area (Å²) in [6, 6.07) is 0. The number of anilines is 1. The highest BCUT2D eigenvalue weighted by atomic mass is 35.5. The molecule has 0 radical (unpaired) electrons. The maximum Gasteiger partial charge on any atom is 0.148 e. The minimum Gasteiger partial charge on any atom is -0.397 e. The fourth-order valence-electron chi connectivity index (χ4n) is 0.801. The van der Waals surface area contributed by atoms with Gasteiger partial charge < -0.3 is 5.73 Å². The van der Waals surface area contributed by atoms with Crippen LogP contribution in [0.25, 0.3) is 0 Å². The SMILES string of the molecule is Cc1nc(Cl)c(Cl)c(C)c1N. The van der Waals surface area contributed by atoms with Gasteiger partial charge in [0.25, 0.3) is 0 Å². The summed E-state index contributed by atoms with van der Waals surface area (Å²) < 4.78 is 0. The molecule has 0 fully saturated rings. The van der Waals surface area contributed by atoms with Crippen LogP contribution in [0.1, 0.15) is 11.3 Å². The standard InChI is InChI=1S/C7H8Cl2N2/c1-3-5(8)7(9)11-4(2)6(3)10/h10H2,1-2H3. The van der Waals surface area contributed by atoms with E-state index in [-0.39, 0.29) is 0 Å². The van der Waals surface area contributed by atoms with E-state index in [1.807, 2.05) is 6.92 Å². The number of nitrogens with two attached hydrogens (primary N) is 1. The fourth-order valence-corrected chi connectivity index (χ4v) is 1.21. The van der Waals surface area contributed by atoms with Gasteiger partial charge in [-0.1, -0.05) is 23.2 Å². The third-order valence-electron chi connectivity index (χ3n) is 1.57. The predicted octanol–water partition coefficient (Wildman–Crippen LogP) is 2.59. The smallest absolute Gasteiger partial charge is 0.148 e. The van der Waals surface area contributed by atoms with E-state index >= 15 is 0 Å². The van der Waals surface area contributed by atoms with Gasteiger partial charge in [-0.2, -0.15) is 0 Å². The van der Waals surface area contributed by atoms with Crippen molar-refractivity contribution < 1.29 is 0 Å². The molecule has 0 bridgehead atoms. The molecule has 60 valence electrons. The van der Waals surface area contributed by atoms with Crippen LogP contribution in [0.5, 0.6) is 0 Å². The van der Waals surface area contributed by atoms with E-state index in [4.69, 9.17) is 28.9 Å². The van der Waals surface area contributed by atoms with Crippen molar-refractivity contribution in [3.63, 3.8) is 0 Å². The lowest BCUT2D eigenvalue weighted by Crippen LogP contribution is -1.97. The van der Waals surface area contributed by atoms with E-state index in [1.165, 1.54) is 0 Å². The Morgan fingerprint density at radius 2 is 1.82 bits per heavy atom. The van der Waals surface area contributed by atoms with Crippen molar-refractivity contribution in [3.8, 4) is 0 Å². The number of aromatic nitrogens is 1. The molecule has 0 saturated carbocycles. The first-order valence-corrected chi connectivity index (χ1v) is 3.87. The number of halogens is 2. The number of hydrogen-bond donors (Lipinski definition) is 1. The van der Waals surface area contributed by atoms with E-state index in [2.05, 4.69) is 4.98 Å². The van der Waals surface area contributed by atoms with Crippen LogP contribution < -0.4 is 5.73 Å². The van der Waals surface area contributed by atoms with Gasteiger partial charge in [0.05, 0.1) is 16.4 Å². The topological polar surface area (TPSA) is 38.9 Å². The zero-order chi connectivity index (χ0) is 8.59. The molecule has 2 N–H and O–H groups in total. The molecule has 0 amide bonds. The van der Waals surface area contributed by atoms with Crippen molar-refractivity contribution in [2.45, 2.75) is 13.8 Å². The van der Waals surface area contributed by atoms with Crippen molar-refractivity contribution in [3.05, 3.63) is 21.4 Å². The van der Waals surface area contributed by atoms with Crippen LogP contribution in [-0.4, -0.2) is 4.98 Å². The first kappa shape index (κ1) is 8.62. The lowest BCUT2D eigenvalue weighted by molar-refractivity contribution is 1.18. The summed E-state index contributed by atoms with van der Waals surface area (Å²) in [5, 5.41) is 0.755. The van der Waals surface area contributed by atoms with Gasteiger partial charge in [-0.15, -0.1) is 0 Å². The molecule has 0 aliphatic heterocycles. The van der Waals surface area contributed by atoms with Crippen molar-refractivity contribution in [2.24, 2.45) is 0 Å². The molecule has 0 aliphatic rings. The average molecular weight is 191 g/mol. The van der Waals surface area contributed by atoms with Crippen LogP contribution in [0.3, 0.4) is 0 Å². The van der Waals surface area contributed by atoms with Crippen LogP contribution in [0.4, 0.5) is 5.69 Å². The second-order valence-electron chi connectivity index (χ2n) is 2.34. The van der Waals surface area contributed by atoms with E-state index in [1.54, 1.807) is 6.92 Å². The van der Waals surface area contributed by atoms with Crippen molar-refractivity contribution in [1.29, 1.82) is 0 Å². The Morgan fingerprint density at radius 3 is 2.36 bits per heavy atom. The van der Waals surface area contributed by atoms with Gasteiger partial charge >= 0.3 is 0 Å². The molecule has 0 spiro atoms. The summed E-state index contributed by atoms with van der Waals surface area (Å²) in [6.07, 6.45) is 0.